The van der Waals surface area contributed by atoms with Crippen LogP contribution < -0.4 is 11.1 Å². The molecular weight excluding hydrogens is 235 g/mol. The van der Waals surface area contributed by atoms with Gasteiger partial charge < -0.3 is 20.9 Å². The van der Waals surface area contributed by atoms with Crippen molar-refractivity contribution < 1.29 is 14.2 Å². The molecule has 0 bridgehead atoms. The Morgan fingerprint density at radius 3 is 2.94 bits per heavy atom. The monoisotopic (exact) mass is 254 g/mol. The molecule has 2 rings (SSSR count). The predicted molar refractivity (Wildman–Crippen MR) is 67.7 cm³/mol. The molecule has 0 spiro atoms. The van der Waals surface area contributed by atoms with Gasteiger partial charge in [-0.1, -0.05) is 6.07 Å². The molecule has 0 aromatic heterocycles. The van der Waals surface area contributed by atoms with E-state index in [9.17, 15) is 4.39 Å². The van der Waals surface area contributed by atoms with Crippen molar-refractivity contribution in [1.29, 1.82) is 0 Å². The van der Waals surface area contributed by atoms with Crippen molar-refractivity contribution in [2.45, 2.75) is 25.0 Å². The van der Waals surface area contributed by atoms with Crippen LogP contribution in [0.2, 0.25) is 0 Å². The van der Waals surface area contributed by atoms with Gasteiger partial charge in [-0.3, -0.25) is 0 Å². The van der Waals surface area contributed by atoms with Crippen LogP contribution in [0.4, 0.5) is 10.1 Å². The summed E-state index contributed by atoms with van der Waals surface area (Å²) < 4.78 is 19.1. The Balaban J connectivity index is 1.85. The SMILES string of the molecule is Nc1cccc(F)c1CC[C@@H]1CN[C@H](CO)CO1. The summed E-state index contributed by atoms with van der Waals surface area (Å²) in [4.78, 5) is 0. The Kier molecular flexibility index (Phi) is 4.52. The van der Waals surface area contributed by atoms with Crippen molar-refractivity contribution in [1.82, 2.24) is 5.32 Å². The molecule has 1 aliphatic heterocycles. The van der Waals surface area contributed by atoms with E-state index in [0.717, 1.165) is 6.42 Å². The second-order valence-corrected chi connectivity index (χ2v) is 4.59. The minimum Gasteiger partial charge on any atom is -0.398 e. The summed E-state index contributed by atoms with van der Waals surface area (Å²) in [5.41, 5.74) is 6.80. The van der Waals surface area contributed by atoms with E-state index in [4.69, 9.17) is 15.6 Å². The van der Waals surface area contributed by atoms with Crippen molar-refractivity contribution in [3.8, 4) is 0 Å². The fourth-order valence-corrected chi connectivity index (χ4v) is 2.12. The van der Waals surface area contributed by atoms with Crippen LogP contribution in [0.15, 0.2) is 18.2 Å². The van der Waals surface area contributed by atoms with Crippen LogP contribution in [0, 0.1) is 5.82 Å². The van der Waals surface area contributed by atoms with E-state index in [-0.39, 0.29) is 24.6 Å². The second-order valence-electron chi connectivity index (χ2n) is 4.59. The minimum absolute atomic E-state index is 0.0137. The normalized spacial score (nSPS) is 24.1. The number of benzene rings is 1. The third kappa shape index (κ3) is 3.19. The first-order valence-electron chi connectivity index (χ1n) is 6.19. The molecule has 5 heteroatoms. The van der Waals surface area contributed by atoms with Gasteiger partial charge in [-0.15, -0.1) is 0 Å². The summed E-state index contributed by atoms with van der Waals surface area (Å²) >= 11 is 0. The standard InChI is InChI=1S/C13H19FN2O2/c14-12-2-1-3-13(15)11(12)5-4-10-6-16-9(7-17)8-18-10/h1-3,9-10,16-17H,4-8,15H2/t9-,10-/m1/s1. The molecule has 0 unspecified atom stereocenters. The fourth-order valence-electron chi connectivity index (χ4n) is 2.12. The summed E-state index contributed by atoms with van der Waals surface area (Å²) in [6.07, 6.45) is 1.33. The minimum atomic E-state index is -0.257. The Morgan fingerprint density at radius 2 is 2.33 bits per heavy atom. The van der Waals surface area contributed by atoms with Crippen molar-refractivity contribution in [2.75, 3.05) is 25.5 Å². The molecule has 1 aromatic rings. The van der Waals surface area contributed by atoms with E-state index in [2.05, 4.69) is 5.32 Å². The lowest BCUT2D eigenvalue weighted by molar-refractivity contribution is -0.0118. The first-order chi connectivity index (χ1) is 8.70. The smallest absolute Gasteiger partial charge is 0.128 e. The summed E-state index contributed by atoms with van der Waals surface area (Å²) in [7, 11) is 0. The zero-order chi connectivity index (χ0) is 13.0. The lowest BCUT2D eigenvalue weighted by atomic mass is 10.0. The fraction of sp³-hybridized carbons (Fsp3) is 0.538. The van der Waals surface area contributed by atoms with Gasteiger partial charge in [0.05, 0.1) is 25.4 Å². The molecule has 4 nitrogen and oxygen atoms in total. The van der Waals surface area contributed by atoms with E-state index in [1.54, 1.807) is 12.1 Å². The number of hydrogen-bond acceptors (Lipinski definition) is 4. The molecule has 1 aromatic carbocycles. The topological polar surface area (TPSA) is 67.5 Å². The van der Waals surface area contributed by atoms with E-state index >= 15 is 0 Å². The number of hydrogen-bond donors (Lipinski definition) is 3. The highest BCUT2D eigenvalue weighted by Crippen LogP contribution is 2.19. The Hall–Kier alpha value is -1.17. The largest absolute Gasteiger partial charge is 0.398 e. The quantitative estimate of drug-likeness (QED) is 0.692. The number of aliphatic hydroxyl groups excluding tert-OH is 1. The van der Waals surface area contributed by atoms with Crippen LogP contribution in [0.25, 0.3) is 0 Å². The molecule has 4 N–H and O–H groups in total. The van der Waals surface area contributed by atoms with Crippen LogP contribution in [0.3, 0.4) is 0 Å². The number of morpholine rings is 1. The van der Waals surface area contributed by atoms with Crippen molar-refractivity contribution >= 4 is 5.69 Å². The maximum atomic E-state index is 13.6. The predicted octanol–water partition coefficient (Wildman–Crippen LogP) is 0.690. The first kappa shape index (κ1) is 13.3. The van der Waals surface area contributed by atoms with Gasteiger partial charge in [0, 0.05) is 17.8 Å². The van der Waals surface area contributed by atoms with E-state index in [0.29, 0.717) is 30.8 Å². The molecule has 18 heavy (non-hydrogen) atoms. The molecule has 1 heterocycles. The number of ether oxygens (including phenoxy) is 1. The zero-order valence-corrected chi connectivity index (χ0v) is 10.2. The number of nitrogens with one attached hydrogen (secondary N) is 1. The zero-order valence-electron chi connectivity index (χ0n) is 10.2. The molecule has 100 valence electrons. The third-order valence-corrected chi connectivity index (χ3v) is 3.26. The van der Waals surface area contributed by atoms with Crippen molar-refractivity contribution in [3.63, 3.8) is 0 Å². The lowest BCUT2D eigenvalue weighted by Crippen LogP contribution is -2.48. The van der Waals surface area contributed by atoms with Crippen molar-refractivity contribution in [3.05, 3.63) is 29.6 Å². The van der Waals surface area contributed by atoms with Gasteiger partial charge in [-0.25, -0.2) is 4.39 Å². The molecular formula is C13H19FN2O2. The average molecular weight is 254 g/mol. The van der Waals surface area contributed by atoms with Crippen molar-refractivity contribution in [2.24, 2.45) is 0 Å². The number of aliphatic hydroxyl groups is 1. The number of nitrogens with two attached hydrogens (primary N) is 1. The lowest BCUT2D eigenvalue weighted by Gasteiger charge is -2.29. The van der Waals surface area contributed by atoms with Gasteiger partial charge >= 0.3 is 0 Å². The highest BCUT2D eigenvalue weighted by Gasteiger charge is 2.20. The molecule has 0 saturated carbocycles. The second kappa shape index (κ2) is 6.13. The number of nitrogen functional groups attached to an aromatic ring is 1. The Bertz CT molecular complexity index is 372. The highest BCUT2D eigenvalue weighted by atomic mass is 19.1. The van der Waals surface area contributed by atoms with Crippen LogP contribution in [0.1, 0.15) is 12.0 Å². The molecule has 0 amide bonds. The molecule has 0 radical (unpaired) electrons. The van der Waals surface area contributed by atoms with Gasteiger partial charge in [0.1, 0.15) is 5.82 Å². The average Bonchev–Trinajstić information content (AvgIpc) is 2.39. The van der Waals surface area contributed by atoms with E-state index in [1.807, 2.05) is 0 Å². The Morgan fingerprint density at radius 1 is 1.50 bits per heavy atom. The van der Waals surface area contributed by atoms with Crippen LogP contribution in [-0.2, 0) is 11.2 Å². The highest BCUT2D eigenvalue weighted by molar-refractivity contribution is 5.47. The van der Waals surface area contributed by atoms with Gasteiger partial charge in [0.2, 0.25) is 0 Å². The number of halogens is 1. The number of rotatable bonds is 4. The van der Waals surface area contributed by atoms with Gasteiger partial charge in [0.15, 0.2) is 0 Å². The molecule has 1 aliphatic rings. The van der Waals surface area contributed by atoms with E-state index in [1.165, 1.54) is 6.07 Å². The van der Waals surface area contributed by atoms with Gasteiger partial charge in [-0.2, -0.15) is 0 Å². The summed E-state index contributed by atoms with van der Waals surface area (Å²) in [5, 5.41) is 12.1. The Labute approximate surface area is 106 Å². The maximum absolute atomic E-state index is 13.6. The summed E-state index contributed by atoms with van der Waals surface area (Å²) in [6.45, 7) is 1.25. The molecule has 1 saturated heterocycles. The molecule has 2 atom stereocenters. The van der Waals surface area contributed by atoms with Crippen LogP contribution >= 0.6 is 0 Å². The van der Waals surface area contributed by atoms with Crippen LogP contribution in [-0.4, -0.2) is 37.0 Å². The summed E-state index contributed by atoms with van der Waals surface area (Å²) in [5.74, 6) is -0.257. The molecule has 0 aliphatic carbocycles. The maximum Gasteiger partial charge on any atom is 0.128 e. The van der Waals surface area contributed by atoms with Crippen LogP contribution in [0.5, 0.6) is 0 Å². The number of anilines is 1. The van der Waals surface area contributed by atoms with Gasteiger partial charge in [-0.05, 0) is 25.0 Å². The summed E-state index contributed by atoms with van der Waals surface area (Å²) in [6, 6.07) is 4.76. The first-order valence-corrected chi connectivity index (χ1v) is 6.19. The molecule has 1 fully saturated rings. The van der Waals surface area contributed by atoms with Gasteiger partial charge in [0.25, 0.3) is 0 Å². The third-order valence-electron chi connectivity index (χ3n) is 3.26. The van der Waals surface area contributed by atoms with E-state index < -0.39 is 0 Å².